The van der Waals surface area contributed by atoms with E-state index in [9.17, 15) is 14.2 Å². The van der Waals surface area contributed by atoms with Crippen LogP contribution in [0.2, 0.25) is 0 Å². The van der Waals surface area contributed by atoms with Gasteiger partial charge in [-0.15, -0.1) is 0 Å². The Morgan fingerprint density at radius 1 is 1.21 bits per heavy atom. The number of hydrogen-bond acceptors (Lipinski definition) is 14. The van der Waals surface area contributed by atoms with Crippen LogP contribution in [0.3, 0.4) is 0 Å². The van der Waals surface area contributed by atoms with Gasteiger partial charge in [0.25, 0.3) is 20.6 Å². The van der Waals surface area contributed by atoms with Gasteiger partial charge in [-0.25, -0.2) is 29.1 Å². The van der Waals surface area contributed by atoms with E-state index in [1.165, 1.54) is 31.0 Å². The smallest absolute Gasteiger partial charge is 0.432 e. The number of nitrogen functional groups attached to an aromatic ring is 1. The summed E-state index contributed by atoms with van der Waals surface area (Å²) in [5, 5.41) is 0. The standard InChI is InChI=1S/C19H20BFN9O8P/c20-39(33)36-5-10-26-8-3-23-6-24-14(8)29(10)1-2-34-19(32)35-4-9-11(21)13(38-39)17(37-9)30-7-25-12-15(30)27-18(22)28-16(12)31/h3,6-7,9,11,13,17H,1-2,4-5,20H2,(H3,22,27,28,31)/t9-,11-,13-,17-,39?/m1/s1. The number of hydrogen-bond donors (Lipinski definition) is 2. The predicted octanol–water partition coefficient (Wildman–Crippen LogP) is -0.413. The third-order valence-corrected chi connectivity index (χ3v) is 7.34. The number of rotatable bonds is 1. The molecule has 0 spiro atoms. The molecule has 3 N–H and O–H groups in total. The lowest BCUT2D eigenvalue weighted by Gasteiger charge is -2.25. The molecular weight excluding hydrogens is 543 g/mol. The first-order chi connectivity index (χ1) is 18.7. The molecule has 1 saturated heterocycles. The average molecular weight is 563 g/mol. The van der Waals surface area contributed by atoms with Crippen molar-refractivity contribution < 1.29 is 37.0 Å². The number of carbonyl (C=O) groups excluding carboxylic acids is 1. The lowest BCUT2D eigenvalue weighted by atomic mass is 10.1. The third-order valence-electron chi connectivity index (χ3n) is 6.12. The second kappa shape index (κ2) is 9.67. The van der Waals surface area contributed by atoms with Crippen molar-refractivity contribution in [1.82, 2.24) is 39.0 Å². The van der Waals surface area contributed by atoms with Gasteiger partial charge in [0.1, 0.15) is 49.7 Å². The molecule has 2 aliphatic heterocycles. The van der Waals surface area contributed by atoms with Crippen LogP contribution in [-0.4, -0.2) is 84.4 Å². The number of anilines is 1. The number of nitrogens with two attached hydrogens (primary N) is 1. The second-order valence-corrected chi connectivity index (χ2v) is 10.7. The quantitative estimate of drug-likeness (QED) is 0.171. The zero-order chi connectivity index (χ0) is 27.3. The normalized spacial score (nSPS) is 28.4. The number of fused-ring (bicyclic) bond motifs is 6. The minimum Gasteiger partial charge on any atom is -0.432 e. The maximum atomic E-state index is 15.7. The zero-order valence-electron chi connectivity index (χ0n) is 20.2. The molecule has 4 aromatic rings. The van der Waals surface area contributed by atoms with Crippen LogP contribution >= 0.6 is 7.47 Å². The summed E-state index contributed by atoms with van der Waals surface area (Å²) in [7, 11) is -2.81. The number of nitrogens with one attached hydrogen (secondary N) is 1. The largest absolute Gasteiger partial charge is 0.508 e. The molecule has 6 heterocycles. The molecule has 1 fully saturated rings. The van der Waals surface area contributed by atoms with Crippen LogP contribution in [0.15, 0.2) is 23.6 Å². The molecule has 0 amide bonds. The Labute approximate surface area is 217 Å². The molecule has 17 nitrogen and oxygen atoms in total. The number of nitrogens with zero attached hydrogens (tertiary/aromatic N) is 7. The summed E-state index contributed by atoms with van der Waals surface area (Å²) < 4.78 is 59.2. The van der Waals surface area contributed by atoms with Crippen molar-refractivity contribution in [3.8, 4) is 0 Å². The highest BCUT2D eigenvalue weighted by Crippen LogP contribution is 2.50. The van der Waals surface area contributed by atoms with Gasteiger partial charge in [0.05, 0.1) is 19.1 Å². The van der Waals surface area contributed by atoms with Crippen LogP contribution in [-0.2, 0) is 41.0 Å². The van der Waals surface area contributed by atoms with Crippen molar-refractivity contribution in [1.29, 1.82) is 0 Å². The SMILES string of the molecule is BP1(=O)OCc2nc3cncnc3n2CCOC(=O)OC[C@H]2O[C@@H](n3cnc4c(=O)[nH]c(N)nc43)[C@H](O1)[C@@H]2F. The monoisotopic (exact) mass is 563 g/mol. The summed E-state index contributed by atoms with van der Waals surface area (Å²) in [4.78, 5) is 47.4. The van der Waals surface area contributed by atoms with Crippen LogP contribution in [0.25, 0.3) is 22.3 Å². The number of H-pyrrole nitrogens is 1. The highest BCUT2D eigenvalue weighted by molar-refractivity contribution is 7.79. The Bertz CT molecular complexity index is 1680. The van der Waals surface area contributed by atoms with E-state index in [1.807, 2.05) is 0 Å². The van der Waals surface area contributed by atoms with Crippen molar-refractivity contribution in [2.75, 3.05) is 18.9 Å². The van der Waals surface area contributed by atoms with Crippen LogP contribution in [0.4, 0.5) is 15.1 Å². The van der Waals surface area contributed by atoms with Crippen LogP contribution in [0.5, 0.6) is 0 Å². The summed E-state index contributed by atoms with van der Waals surface area (Å²) in [5.41, 5.74) is 5.78. The predicted molar refractivity (Wildman–Crippen MR) is 130 cm³/mol. The summed E-state index contributed by atoms with van der Waals surface area (Å²) in [5.74, 6) is 0.0760. The maximum Gasteiger partial charge on any atom is 0.508 e. The molecule has 0 radical (unpaired) electrons. The number of carbonyl (C=O) groups is 1. The lowest BCUT2D eigenvalue weighted by Crippen LogP contribution is -2.33. The van der Waals surface area contributed by atoms with Crippen molar-refractivity contribution in [2.45, 2.75) is 37.8 Å². The fourth-order valence-corrected chi connectivity index (χ4v) is 5.48. The van der Waals surface area contributed by atoms with Crippen molar-refractivity contribution in [3.05, 3.63) is 35.0 Å². The zero-order valence-corrected chi connectivity index (χ0v) is 21.1. The minimum absolute atomic E-state index is 0.0286. The van der Waals surface area contributed by atoms with Gasteiger partial charge in [-0.1, -0.05) is 0 Å². The van der Waals surface area contributed by atoms with Gasteiger partial charge >= 0.3 is 6.16 Å². The molecule has 1 unspecified atom stereocenters. The first-order valence-electron chi connectivity index (χ1n) is 11.6. The fraction of sp³-hybridized carbons (Fsp3) is 0.421. The van der Waals surface area contributed by atoms with Crippen LogP contribution < -0.4 is 11.3 Å². The van der Waals surface area contributed by atoms with Crippen LogP contribution in [0, 0.1) is 0 Å². The molecular formula is C19H20BFN9O8P. The molecule has 2 aliphatic rings. The average Bonchev–Trinajstić information content (AvgIpc) is 3.55. The minimum atomic E-state index is -3.98. The van der Waals surface area contributed by atoms with E-state index in [4.69, 9.17) is 29.0 Å². The van der Waals surface area contributed by atoms with E-state index in [0.717, 1.165) is 0 Å². The number of aromatic nitrogens is 8. The van der Waals surface area contributed by atoms with Crippen LogP contribution in [0.1, 0.15) is 12.1 Å². The van der Waals surface area contributed by atoms with E-state index in [2.05, 4.69) is 29.9 Å². The number of cyclic esters (lactones) is 2. The molecule has 5 atom stereocenters. The molecule has 20 heteroatoms. The number of ether oxygens (including phenoxy) is 3. The summed E-state index contributed by atoms with van der Waals surface area (Å²) in [6, 6.07) is 0. The molecule has 4 aromatic heterocycles. The van der Waals surface area contributed by atoms with Crippen molar-refractivity contribution in [2.24, 2.45) is 0 Å². The maximum absolute atomic E-state index is 15.7. The van der Waals surface area contributed by atoms with Gasteiger partial charge in [0.2, 0.25) is 5.95 Å². The lowest BCUT2D eigenvalue weighted by molar-refractivity contribution is -0.0571. The Hall–Kier alpha value is -3.93. The van der Waals surface area contributed by atoms with Gasteiger partial charge in [0, 0.05) is 0 Å². The van der Waals surface area contributed by atoms with E-state index in [0.29, 0.717) is 11.2 Å². The number of halogens is 1. The number of imidazole rings is 2. The Morgan fingerprint density at radius 3 is 2.90 bits per heavy atom. The topological polar surface area (TPSA) is 213 Å². The first-order valence-corrected chi connectivity index (χ1v) is 13.6. The van der Waals surface area contributed by atoms with Crippen molar-refractivity contribution >= 4 is 49.5 Å². The fourth-order valence-electron chi connectivity index (χ4n) is 4.40. The Morgan fingerprint density at radius 2 is 2.05 bits per heavy atom. The molecule has 204 valence electrons. The van der Waals surface area contributed by atoms with E-state index >= 15 is 4.39 Å². The van der Waals surface area contributed by atoms with E-state index < -0.39 is 50.4 Å². The molecule has 6 rings (SSSR count). The number of alkyl halides is 1. The van der Waals surface area contributed by atoms with Gasteiger partial charge in [-0.05, 0) is 0 Å². The van der Waals surface area contributed by atoms with Gasteiger partial charge in [-0.2, -0.15) is 4.98 Å². The van der Waals surface area contributed by atoms with E-state index in [-0.39, 0.29) is 42.7 Å². The second-order valence-electron chi connectivity index (χ2n) is 8.72. The highest BCUT2D eigenvalue weighted by atomic mass is 31.2. The Kier molecular flexibility index (Phi) is 6.29. The summed E-state index contributed by atoms with van der Waals surface area (Å²) in [6.07, 6.45) is -3.28. The third kappa shape index (κ3) is 4.73. The Balaban J connectivity index is 1.36. The molecule has 39 heavy (non-hydrogen) atoms. The van der Waals surface area contributed by atoms with E-state index in [1.54, 1.807) is 4.57 Å². The molecule has 0 saturated carbocycles. The molecule has 0 aliphatic carbocycles. The molecule has 0 aromatic carbocycles. The highest BCUT2D eigenvalue weighted by Gasteiger charge is 2.50. The van der Waals surface area contributed by atoms with Gasteiger partial charge < -0.3 is 33.6 Å². The van der Waals surface area contributed by atoms with Gasteiger partial charge in [0.15, 0.2) is 29.2 Å². The molecule has 2 bridgehead atoms. The van der Waals surface area contributed by atoms with Crippen molar-refractivity contribution in [3.63, 3.8) is 0 Å². The summed E-state index contributed by atoms with van der Waals surface area (Å²) in [6.45, 7) is -0.884. The number of aromatic amines is 1. The first kappa shape index (κ1) is 25.4. The summed E-state index contributed by atoms with van der Waals surface area (Å²) >= 11 is 0. The van der Waals surface area contributed by atoms with Gasteiger partial charge in [-0.3, -0.25) is 18.9 Å².